The van der Waals surface area contributed by atoms with Crippen LogP contribution in [-0.4, -0.2) is 0 Å². The van der Waals surface area contributed by atoms with Crippen molar-refractivity contribution < 1.29 is 0 Å². The fourth-order valence-electron chi connectivity index (χ4n) is 0.639. The first kappa shape index (κ1) is 10.1. The van der Waals surface area contributed by atoms with Gasteiger partial charge >= 0.3 is 0 Å². The van der Waals surface area contributed by atoms with Crippen LogP contribution >= 0.6 is 0 Å². The summed E-state index contributed by atoms with van der Waals surface area (Å²) in [6.07, 6.45) is 5.10. The van der Waals surface area contributed by atoms with Gasteiger partial charge in [0, 0.05) is 19.3 Å². The molecule has 0 heteroatoms. The van der Waals surface area contributed by atoms with Gasteiger partial charge in [0.2, 0.25) is 0 Å². The molecule has 0 nitrogen and oxygen atoms in total. The van der Waals surface area contributed by atoms with Crippen LogP contribution in [0, 0.1) is 30.6 Å². The molecule has 0 saturated heterocycles. The maximum atomic E-state index is 4.98. The molecule has 0 spiro atoms. The van der Waals surface area contributed by atoms with Gasteiger partial charge in [-0.15, -0.1) is 17.8 Å². The summed E-state index contributed by atoms with van der Waals surface area (Å²) < 4.78 is 0. The fourth-order valence-corrected chi connectivity index (χ4v) is 0.639. The monoisotopic (exact) mass is 146 g/mol. The quantitative estimate of drug-likeness (QED) is 0.424. The van der Waals surface area contributed by atoms with Gasteiger partial charge in [-0.3, -0.25) is 0 Å². The first-order chi connectivity index (χ1) is 5.41. The van der Waals surface area contributed by atoms with Gasteiger partial charge in [-0.1, -0.05) is 19.3 Å². The second kappa shape index (κ2) is 9.12. The highest BCUT2D eigenvalue weighted by molar-refractivity contribution is 5.06. The van der Waals surface area contributed by atoms with Crippen LogP contribution in [0.15, 0.2) is 0 Å². The molecule has 58 valence electrons. The Morgan fingerprint density at radius 1 is 1.00 bits per heavy atom. The Morgan fingerprint density at radius 2 is 1.64 bits per heavy atom. The molecule has 0 unspecified atom stereocenters. The molecule has 0 heterocycles. The van der Waals surface area contributed by atoms with E-state index in [-0.39, 0.29) is 0 Å². The standard InChI is InChI=1S/C11H14/c1-3-5-7-9-11-10-8-6-4-2/h1H,4,6-9H2,2H3. The van der Waals surface area contributed by atoms with Gasteiger partial charge in [-0.05, 0) is 6.42 Å². The van der Waals surface area contributed by atoms with E-state index in [2.05, 4.69) is 30.6 Å². The van der Waals surface area contributed by atoms with E-state index < -0.39 is 0 Å². The first-order valence-electron chi connectivity index (χ1n) is 4.06. The summed E-state index contributed by atoms with van der Waals surface area (Å²) >= 11 is 0. The lowest BCUT2D eigenvalue weighted by atomic mass is 10.2. The van der Waals surface area contributed by atoms with Crippen molar-refractivity contribution in [1.29, 1.82) is 0 Å². The van der Waals surface area contributed by atoms with Crippen LogP contribution in [0.3, 0.4) is 0 Å². The molecule has 0 aliphatic heterocycles. The number of hydrogen-bond donors (Lipinski definition) is 0. The zero-order chi connectivity index (χ0) is 8.36. The van der Waals surface area contributed by atoms with Crippen LogP contribution in [0.2, 0.25) is 0 Å². The second-order valence-electron chi connectivity index (χ2n) is 2.28. The summed E-state index contributed by atoms with van der Waals surface area (Å²) in [5.74, 6) is 11.2. The normalized spacial score (nSPS) is 7.45. The molecule has 0 aromatic rings. The van der Waals surface area contributed by atoms with Crippen molar-refractivity contribution in [3.8, 4) is 23.7 Å². The van der Waals surface area contributed by atoms with Gasteiger partial charge in [0.15, 0.2) is 0 Å². The maximum Gasteiger partial charge on any atom is 0.0503 e. The molecule has 0 N–H and O–H groups in total. The maximum absolute atomic E-state index is 4.98. The van der Waals surface area contributed by atoms with Crippen molar-refractivity contribution in [3.63, 3.8) is 0 Å². The minimum Gasteiger partial charge on any atom is -0.103 e. The van der Waals surface area contributed by atoms with E-state index in [0.717, 1.165) is 19.3 Å². The zero-order valence-electron chi connectivity index (χ0n) is 7.11. The molecule has 0 bridgehead atoms. The molecule has 0 aliphatic carbocycles. The first-order valence-corrected chi connectivity index (χ1v) is 4.06. The van der Waals surface area contributed by atoms with Crippen molar-refractivity contribution >= 4 is 0 Å². The molecule has 0 aliphatic rings. The molecule has 0 amide bonds. The highest BCUT2D eigenvalue weighted by Gasteiger charge is 1.76. The molecule has 2 radical (unpaired) electrons. The SMILES string of the molecule is [CH]C#CCCC#CCCCC. The smallest absolute Gasteiger partial charge is 0.0503 e. The van der Waals surface area contributed by atoms with Crippen molar-refractivity contribution in [2.24, 2.45) is 0 Å². The summed E-state index contributed by atoms with van der Waals surface area (Å²) in [5, 5.41) is 0. The largest absolute Gasteiger partial charge is 0.103 e. The molecule has 0 atom stereocenters. The van der Waals surface area contributed by atoms with Crippen LogP contribution in [0.1, 0.15) is 39.0 Å². The highest BCUT2D eigenvalue weighted by Crippen LogP contribution is 1.91. The van der Waals surface area contributed by atoms with Crippen LogP contribution in [-0.2, 0) is 0 Å². The van der Waals surface area contributed by atoms with E-state index in [9.17, 15) is 0 Å². The number of unbranched alkanes of at least 4 members (excludes halogenated alkanes) is 3. The molecule has 0 aromatic heterocycles. The Labute approximate surface area is 70.4 Å². The van der Waals surface area contributed by atoms with Gasteiger partial charge in [0.05, 0.1) is 6.92 Å². The van der Waals surface area contributed by atoms with Crippen molar-refractivity contribution in [2.45, 2.75) is 39.0 Å². The van der Waals surface area contributed by atoms with E-state index in [1.807, 2.05) is 0 Å². The predicted octanol–water partition coefficient (Wildman–Crippen LogP) is 2.67. The van der Waals surface area contributed by atoms with Crippen molar-refractivity contribution in [2.75, 3.05) is 0 Å². The minimum absolute atomic E-state index is 0.801. The summed E-state index contributed by atoms with van der Waals surface area (Å²) in [5.41, 5.74) is 0. The van der Waals surface area contributed by atoms with Crippen molar-refractivity contribution in [1.82, 2.24) is 0 Å². The predicted molar refractivity (Wildman–Crippen MR) is 48.6 cm³/mol. The Bertz CT molecular complexity index is 180. The van der Waals surface area contributed by atoms with E-state index >= 15 is 0 Å². The number of hydrogen-bond acceptors (Lipinski definition) is 0. The van der Waals surface area contributed by atoms with Crippen LogP contribution in [0.25, 0.3) is 0 Å². The summed E-state index contributed by atoms with van der Waals surface area (Å²) in [7, 11) is 0. The van der Waals surface area contributed by atoms with Gasteiger partial charge in [-0.2, -0.15) is 0 Å². The zero-order valence-corrected chi connectivity index (χ0v) is 7.11. The molecule has 0 aromatic carbocycles. The minimum atomic E-state index is 0.801. The summed E-state index contributed by atoms with van der Waals surface area (Å²) in [6, 6.07) is 0. The lowest BCUT2D eigenvalue weighted by Gasteiger charge is -1.83. The van der Waals surface area contributed by atoms with Gasteiger partial charge in [0.25, 0.3) is 0 Å². The summed E-state index contributed by atoms with van der Waals surface area (Å²) in [6.45, 7) is 7.15. The molecule has 11 heavy (non-hydrogen) atoms. The lowest BCUT2D eigenvalue weighted by Crippen LogP contribution is -1.68. The van der Waals surface area contributed by atoms with Crippen molar-refractivity contribution in [3.05, 3.63) is 6.92 Å². The van der Waals surface area contributed by atoms with E-state index in [0.29, 0.717) is 0 Å². The van der Waals surface area contributed by atoms with Gasteiger partial charge in [0.1, 0.15) is 0 Å². The second-order valence-corrected chi connectivity index (χ2v) is 2.28. The van der Waals surface area contributed by atoms with E-state index in [4.69, 9.17) is 6.92 Å². The Hall–Kier alpha value is -0.880. The van der Waals surface area contributed by atoms with Gasteiger partial charge in [-0.25, -0.2) is 0 Å². The molecule has 0 saturated carbocycles. The highest BCUT2D eigenvalue weighted by atomic mass is 13.8. The topological polar surface area (TPSA) is 0 Å². The molecular formula is C11H14. The fraction of sp³-hybridized carbons (Fsp3) is 0.545. The van der Waals surface area contributed by atoms with Crippen LogP contribution in [0.4, 0.5) is 0 Å². The lowest BCUT2D eigenvalue weighted by molar-refractivity contribution is 0.827. The average molecular weight is 146 g/mol. The molecule has 0 fully saturated rings. The third-order valence-corrected chi connectivity index (χ3v) is 1.26. The third-order valence-electron chi connectivity index (χ3n) is 1.26. The Kier molecular flexibility index (Phi) is 8.39. The van der Waals surface area contributed by atoms with E-state index in [1.165, 1.54) is 12.8 Å². The molecular weight excluding hydrogens is 132 g/mol. The van der Waals surface area contributed by atoms with E-state index in [1.54, 1.807) is 0 Å². The summed E-state index contributed by atoms with van der Waals surface area (Å²) in [4.78, 5) is 0. The number of rotatable bonds is 3. The molecule has 0 rings (SSSR count). The third kappa shape index (κ3) is 9.12. The Balaban J connectivity index is 3.16. The Morgan fingerprint density at radius 3 is 2.27 bits per heavy atom. The average Bonchev–Trinajstić information content (AvgIpc) is 2.03. The van der Waals surface area contributed by atoms with Gasteiger partial charge < -0.3 is 0 Å². The van der Waals surface area contributed by atoms with Crippen LogP contribution in [0.5, 0.6) is 0 Å². The van der Waals surface area contributed by atoms with Crippen LogP contribution < -0.4 is 0 Å².